The normalized spacial score (nSPS) is 16.1. The van der Waals surface area contributed by atoms with Gasteiger partial charge < -0.3 is 9.80 Å². The summed E-state index contributed by atoms with van der Waals surface area (Å²) in [7, 11) is 0. The topological polar surface area (TPSA) is 71.3 Å². The van der Waals surface area contributed by atoms with Gasteiger partial charge in [0, 0.05) is 23.8 Å². The van der Waals surface area contributed by atoms with Gasteiger partial charge in [0.05, 0.1) is 12.5 Å². The summed E-state index contributed by atoms with van der Waals surface area (Å²) in [6.45, 7) is 7.02. The van der Waals surface area contributed by atoms with Gasteiger partial charge in [0.1, 0.15) is 18.2 Å². The van der Waals surface area contributed by atoms with Gasteiger partial charge in [-0.15, -0.1) is 0 Å². The Kier molecular flexibility index (Phi) is 5.27. The quantitative estimate of drug-likeness (QED) is 0.820. The summed E-state index contributed by atoms with van der Waals surface area (Å²) in [4.78, 5) is 32.8. The first-order valence-corrected chi connectivity index (χ1v) is 8.95. The van der Waals surface area contributed by atoms with Crippen molar-refractivity contribution in [3.8, 4) is 0 Å². The highest BCUT2D eigenvalue weighted by atomic mass is 35.5. The van der Waals surface area contributed by atoms with Crippen LogP contribution in [0.2, 0.25) is 5.02 Å². The molecule has 1 unspecified atom stereocenters. The Morgan fingerprint density at radius 2 is 2.08 bits per heavy atom. The molecular formula is C18H22ClN5O2. The number of hydrogen-bond donors (Lipinski definition) is 0. The monoisotopic (exact) mass is 375 g/mol. The van der Waals surface area contributed by atoms with E-state index >= 15 is 0 Å². The van der Waals surface area contributed by atoms with Crippen LogP contribution < -0.4 is 4.90 Å². The van der Waals surface area contributed by atoms with Gasteiger partial charge in [-0.1, -0.05) is 24.6 Å². The zero-order valence-electron chi connectivity index (χ0n) is 15.1. The third-order valence-corrected chi connectivity index (χ3v) is 4.72. The predicted molar refractivity (Wildman–Crippen MR) is 99.0 cm³/mol. The summed E-state index contributed by atoms with van der Waals surface area (Å²) < 4.78 is 1.74. The van der Waals surface area contributed by atoms with Crippen LogP contribution in [0.4, 0.5) is 5.69 Å². The van der Waals surface area contributed by atoms with Crippen molar-refractivity contribution in [2.24, 2.45) is 5.92 Å². The van der Waals surface area contributed by atoms with Gasteiger partial charge in [-0.25, -0.2) is 9.67 Å². The molecule has 0 aliphatic carbocycles. The van der Waals surface area contributed by atoms with Crippen LogP contribution in [0, 0.1) is 19.8 Å². The van der Waals surface area contributed by atoms with Crippen molar-refractivity contribution < 1.29 is 9.59 Å². The van der Waals surface area contributed by atoms with E-state index in [0.29, 0.717) is 30.5 Å². The summed E-state index contributed by atoms with van der Waals surface area (Å²) in [5, 5.41) is 4.88. The second-order valence-electron chi connectivity index (χ2n) is 6.57. The van der Waals surface area contributed by atoms with Gasteiger partial charge in [-0.05, 0) is 32.0 Å². The summed E-state index contributed by atoms with van der Waals surface area (Å²) >= 11 is 6.01. The number of carbonyl (C=O) groups excluding carboxylic acids is 2. The minimum Gasteiger partial charge on any atom is -0.331 e. The largest absolute Gasteiger partial charge is 0.331 e. The molecule has 8 heteroatoms. The highest BCUT2D eigenvalue weighted by Gasteiger charge is 2.30. The van der Waals surface area contributed by atoms with E-state index in [2.05, 4.69) is 10.1 Å². The molecule has 0 spiro atoms. The smallest absolute Gasteiger partial charge is 0.246 e. The minimum absolute atomic E-state index is 0.0448. The highest BCUT2D eigenvalue weighted by molar-refractivity contribution is 6.30. The fraction of sp³-hybridized carbons (Fsp3) is 0.444. The van der Waals surface area contributed by atoms with Crippen molar-refractivity contribution in [2.75, 3.05) is 24.5 Å². The molecule has 3 rings (SSSR count). The van der Waals surface area contributed by atoms with Crippen LogP contribution in [0.3, 0.4) is 0 Å². The number of nitrogens with zero attached hydrogens (tertiary/aromatic N) is 5. The zero-order chi connectivity index (χ0) is 18.8. The van der Waals surface area contributed by atoms with E-state index < -0.39 is 0 Å². The molecule has 1 aliphatic rings. The molecule has 0 bridgehead atoms. The SMILES string of the molecule is Cc1nc(C)n(CC(C)C(=O)N2CCN(c3cccc(Cl)c3)C(=O)C2)n1. The summed E-state index contributed by atoms with van der Waals surface area (Å²) in [6.07, 6.45) is 0. The van der Waals surface area contributed by atoms with Gasteiger partial charge in [-0.2, -0.15) is 5.10 Å². The molecule has 7 nitrogen and oxygen atoms in total. The second-order valence-corrected chi connectivity index (χ2v) is 7.01. The summed E-state index contributed by atoms with van der Waals surface area (Å²) in [6, 6.07) is 7.19. The van der Waals surface area contributed by atoms with Crippen molar-refractivity contribution in [3.63, 3.8) is 0 Å². The van der Waals surface area contributed by atoms with Gasteiger partial charge in [-0.3, -0.25) is 9.59 Å². The Bertz CT molecular complexity index is 835. The molecule has 0 N–H and O–H groups in total. The van der Waals surface area contributed by atoms with Crippen molar-refractivity contribution in [1.82, 2.24) is 19.7 Å². The van der Waals surface area contributed by atoms with E-state index in [0.717, 1.165) is 11.5 Å². The minimum atomic E-state index is -0.277. The number of piperazine rings is 1. The zero-order valence-corrected chi connectivity index (χ0v) is 15.9. The number of benzene rings is 1. The summed E-state index contributed by atoms with van der Waals surface area (Å²) in [5.74, 6) is 1.04. The van der Waals surface area contributed by atoms with Gasteiger partial charge >= 0.3 is 0 Å². The number of aryl methyl sites for hydroxylation is 2. The van der Waals surface area contributed by atoms with Crippen LogP contribution in [0.1, 0.15) is 18.6 Å². The van der Waals surface area contributed by atoms with Crippen LogP contribution in [0.15, 0.2) is 24.3 Å². The molecule has 2 heterocycles. The van der Waals surface area contributed by atoms with Gasteiger partial charge in [0.2, 0.25) is 11.8 Å². The van der Waals surface area contributed by atoms with E-state index in [1.807, 2.05) is 32.9 Å². The summed E-state index contributed by atoms with van der Waals surface area (Å²) in [5.41, 5.74) is 0.761. The molecule has 1 aromatic heterocycles. The lowest BCUT2D eigenvalue weighted by atomic mass is 10.1. The number of hydrogen-bond acceptors (Lipinski definition) is 4. The van der Waals surface area contributed by atoms with Gasteiger partial charge in [0.25, 0.3) is 0 Å². The fourth-order valence-electron chi connectivity index (χ4n) is 3.16. The number of anilines is 1. The van der Waals surface area contributed by atoms with Crippen LogP contribution in [-0.2, 0) is 16.1 Å². The highest BCUT2D eigenvalue weighted by Crippen LogP contribution is 2.22. The van der Waals surface area contributed by atoms with E-state index in [1.54, 1.807) is 26.6 Å². The molecule has 2 amide bonds. The lowest BCUT2D eigenvalue weighted by molar-refractivity contribution is -0.140. The van der Waals surface area contributed by atoms with E-state index in [4.69, 9.17) is 11.6 Å². The predicted octanol–water partition coefficient (Wildman–Crippen LogP) is 2.06. The van der Waals surface area contributed by atoms with E-state index in [1.165, 1.54) is 0 Å². The van der Waals surface area contributed by atoms with E-state index in [9.17, 15) is 9.59 Å². The lowest BCUT2D eigenvalue weighted by Gasteiger charge is -2.35. The average Bonchev–Trinajstić information content (AvgIpc) is 2.91. The fourth-order valence-corrected chi connectivity index (χ4v) is 3.35. The lowest BCUT2D eigenvalue weighted by Crippen LogP contribution is -2.53. The number of rotatable bonds is 4. The van der Waals surface area contributed by atoms with Crippen molar-refractivity contribution in [1.29, 1.82) is 0 Å². The molecule has 1 aromatic carbocycles. The third-order valence-electron chi connectivity index (χ3n) is 4.48. The number of aromatic nitrogens is 3. The Balaban J connectivity index is 1.63. The molecule has 1 atom stereocenters. The number of amides is 2. The molecule has 1 saturated heterocycles. The Hall–Kier alpha value is -2.41. The van der Waals surface area contributed by atoms with Gasteiger partial charge in [0.15, 0.2) is 0 Å². The molecule has 2 aromatic rings. The molecule has 1 aliphatic heterocycles. The maximum absolute atomic E-state index is 12.7. The third kappa shape index (κ3) is 3.88. The van der Waals surface area contributed by atoms with Crippen LogP contribution >= 0.6 is 11.6 Å². The second kappa shape index (κ2) is 7.45. The van der Waals surface area contributed by atoms with Crippen molar-refractivity contribution >= 4 is 29.1 Å². The van der Waals surface area contributed by atoms with Crippen LogP contribution in [-0.4, -0.2) is 51.1 Å². The molecule has 0 saturated carbocycles. The maximum atomic E-state index is 12.7. The first-order valence-electron chi connectivity index (χ1n) is 8.58. The Morgan fingerprint density at radius 1 is 1.31 bits per heavy atom. The van der Waals surface area contributed by atoms with Crippen molar-refractivity contribution in [2.45, 2.75) is 27.3 Å². The molecular weight excluding hydrogens is 354 g/mol. The van der Waals surface area contributed by atoms with E-state index in [-0.39, 0.29) is 24.3 Å². The Labute approximate surface area is 157 Å². The standard InChI is InChI=1S/C18H22ClN5O2/c1-12(10-24-14(3)20-13(2)21-24)18(26)22-7-8-23(17(25)11-22)16-6-4-5-15(19)9-16/h4-6,9,12H,7-8,10-11H2,1-3H3. The average molecular weight is 376 g/mol. The number of halogens is 1. The first-order chi connectivity index (χ1) is 12.3. The van der Waals surface area contributed by atoms with Crippen molar-refractivity contribution in [3.05, 3.63) is 40.9 Å². The molecule has 0 radical (unpaired) electrons. The first kappa shape index (κ1) is 18.4. The van der Waals surface area contributed by atoms with Crippen LogP contribution in [0.5, 0.6) is 0 Å². The molecule has 26 heavy (non-hydrogen) atoms. The number of carbonyl (C=O) groups is 2. The Morgan fingerprint density at radius 3 is 2.69 bits per heavy atom. The maximum Gasteiger partial charge on any atom is 0.246 e. The van der Waals surface area contributed by atoms with Crippen LogP contribution in [0.25, 0.3) is 0 Å². The molecule has 138 valence electrons. The molecule has 1 fully saturated rings.